The van der Waals surface area contributed by atoms with Crippen LogP contribution < -0.4 is 10.2 Å². The number of carbonyl (C=O) groups is 1. The molecule has 2 aromatic heterocycles. The topological polar surface area (TPSA) is 92.5 Å². The molecular weight excluding hydrogens is 553 g/mol. The molecule has 0 saturated carbocycles. The standard InChI is InChI=1S/C29H39ClFN3O5Si/c1-10-38-27(36)18-15-34(24(16(2)3)29(7,8)39-40-28(4,5)6)25-22(23(18)35)32-20(26(33-25)37-9)14-17-12-11-13-19(30)21(17)31/h11-13,15-16,24H,10,14,40H2,1-9H3/t24-/m0/s1. The van der Waals surface area contributed by atoms with Crippen LogP contribution in [0.5, 0.6) is 5.88 Å². The van der Waals surface area contributed by atoms with Crippen LogP contribution in [0.3, 0.4) is 0 Å². The molecule has 3 rings (SSSR count). The zero-order chi connectivity index (χ0) is 30.0. The summed E-state index contributed by atoms with van der Waals surface area (Å²) in [6.45, 7) is 16.3. The minimum Gasteiger partial charge on any atom is -0.480 e. The number of pyridine rings is 1. The number of esters is 1. The highest BCUT2D eigenvalue weighted by atomic mass is 35.5. The minimum absolute atomic E-state index is 0.0118. The highest BCUT2D eigenvalue weighted by Gasteiger charge is 2.37. The van der Waals surface area contributed by atoms with Crippen LogP contribution >= 0.6 is 11.6 Å². The van der Waals surface area contributed by atoms with Gasteiger partial charge in [0.25, 0.3) is 0 Å². The van der Waals surface area contributed by atoms with E-state index < -0.39 is 32.6 Å². The lowest BCUT2D eigenvalue weighted by Crippen LogP contribution is -2.42. The average molecular weight is 592 g/mol. The van der Waals surface area contributed by atoms with Gasteiger partial charge in [0.15, 0.2) is 20.9 Å². The van der Waals surface area contributed by atoms with E-state index in [1.807, 2.05) is 27.7 Å². The third kappa shape index (κ3) is 6.90. The molecule has 0 aliphatic heterocycles. The molecule has 0 fully saturated rings. The van der Waals surface area contributed by atoms with Crippen LogP contribution in [0, 0.1) is 11.7 Å². The summed E-state index contributed by atoms with van der Waals surface area (Å²) < 4.78 is 33.9. The summed E-state index contributed by atoms with van der Waals surface area (Å²) in [6, 6.07) is 4.32. The Morgan fingerprint density at radius 3 is 2.42 bits per heavy atom. The van der Waals surface area contributed by atoms with Crippen molar-refractivity contribution in [3.63, 3.8) is 0 Å². The molecule has 0 N–H and O–H groups in total. The van der Waals surface area contributed by atoms with Crippen LogP contribution in [0.25, 0.3) is 11.2 Å². The van der Waals surface area contributed by atoms with Crippen molar-refractivity contribution >= 4 is 38.5 Å². The first-order valence-electron chi connectivity index (χ1n) is 13.3. The second kappa shape index (κ2) is 12.4. The Bertz CT molecular complexity index is 1450. The number of ether oxygens (including phenoxy) is 2. The highest BCUT2D eigenvalue weighted by Crippen LogP contribution is 2.37. The number of hydrogen-bond donors (Lipinski definition) is 0. The molecule has 0 aliphatic carbocycles. The quantitative estimate of drug-likeness (QED) is 0.222. The summed E-state index contributed by atoms with van der Waals surface area (Å²) in [5.41, 5.74) is -0.780. The van der Waals surface area contributed by atoms with Crippen LogP contribution in [0.15, 0.2) is 29.2 Å². The summed E-state index contributed by atoms with van der Waals surface area (Å²) >= 11 is 5.98. The number of benzene rings is 1. The Hall–Kier alpha value is -2.82. The van der Waals surface area contributed by atoms with Gasteiger partial charge in [0.1, 0.15) is 17.1 Å². The number of methoxy groups -OCH3 is 1. The molecule has 0 spiro atoms. The lowest BCUT2D eigenvalue weighted by atomic mass is 9.88. The minimum atomic E-state index is -0.960. The highest BCUT2D eigenvalue weighted by molar-refractivity contribution is 6.32. The first-order chi connectivity index (χ1) is 18.6. The predicted molar refractivity (Wildman–Crippen MR) is 158 cm³/mol. The monoisotopic (exact) mass is 591 g/mol. The number of hydrogen-bond acceptors (Lipinski definition) is 7. The van der Waals surface area contributed by atoms with Crippen molar-refractivity contribution in [2.75, 3.05) is 13.7 Å². The Kier molecular flexibility index (Phi) is 9.80. The molecule has 0 radical (unpaired) electrons. The van der Waals surface area contributed by atoms with Gasteiger partial charge in [0.05, 0.1) is 30.4 Å². The molecule has 0 amide bonds. The van der Waals surface area contributed by atoms with E-state index in [4.69, 9.17) is 30.5 Å². The van der Waals surface area contributed by atoms with Crippen molar-refractivity contribution in [1.82, 2.24) is 14.5 Å². The molecule has 1 aromatic carbocycles. The summed E-state index contributed by atoms with van der Waals surface area (Å²) in [6.07, 6.45) is 1.46. The van der Waals surface area contributed by atoms with Gasteiger partial charge in [0.2, 0.25) is 11.3 Å². The number of aromatic nitrogens is 3. The van der Waals surface area contributed by atoms with Crippen LogP contribution in [-0.2, 0) is 15.6 Å². The number of carbonyl (C=O) groups excluding carboxylic acids is 1. The third-order valence-electron chi connectivity index (χ3n) is 6.48. The molecule has 11 heteroatoms. The van der Waals surface area contributed by atoms with E-state index in [0.29, 0.717) is 0 Å². The smallest absolute Gasteiger partial charge is 0.343 e. The van der Waals surface area contributed by atoms with Crippen LogP contribution in [0.4, 0.5) is 4.39 Å². The Morgan fingerprint density at radius 1 is 1.18 bits per heavy atom. The molecule has 3 aromatic rings. The van der Waals surface area contributed by atoms with Crippen molar-refractivity contribution in [2.45, 2.75) is 78.5 Å². The molecule has 8 nitrogen and oxygen atoms in total. The summed E-state index contributed by atoms with van der Waals surface area (Å²) in [5.74, 6) is -1.20. The molecule has 0 aliphatic rings. The van der Waals surface area contributed by atoms with E-state index in [-0.39, 0.29) is 68.9 Å². The van der Waals surface area contributed by atoms with E-state index in [1.165, 1.54) is 19.4 Å². The zero-order valence-corrected chi connectivity index (χ0v) is 26.9. The fourth-order valence-corrected chi connectivity index (χ4v) is 5.99. The lowest BCUT2D eigenvalue weighted by molar-refractivity contribution is 0.0284. The lowest BCUT2D eigenvalue weighted by Gasteiger charge is -2.41. The van der Waals surface area contributed by atoms with E-state index in [2.05, 4.69) is 25.8 Å². The Balaban J connectivity index is 2.34. The Morgan fingerprint density at radius 2 is 1.85 bits per heavy atom. The van der Waals surface area contributed by atoms with Crippen molar-refractivity contribution in [1.29, 1.82) is 0 Å². The maximum Gasteiger partial charge on any atom is 0.343 e. The molecule has 0 bridgehead atoms. The van der Waals surface area contributed by atoms with Gasteiger partial charge >= 0.3 is 5.97 Å². The Labute approximate surface area is 242 Å². The fourth-order valence-electron chi connectivity index (χ4n) is 4.82. The first kappa shape index (κ1) is 31.7. The van der Waals surface area contributed by atoms with Gasteiger partial charge in [-0.25, -0.2) is 14.2 Å². The summed E-state index contributed by atoms with van der Waals surface area (Å²) in [7, 11) is 0.475. The first-order valence-corrected chi connectivity index (χ1v) is 15.0. The fraction of sp³-hybridized carbons (Fsp3) is 0.517. The van der Waals surface area contributed by atoms with Gasteiger partial charge in [0, 0.05) is 12.6 Å². The summed E-state index contributed by atoms with van der Waals surface area (Å²) in [5, 5.41) is 0.0200. The molecule has 0 unspecified atom stereocenters. The van der Waals surface area contributed by atoms with Crippen LogP contribution in [-0.4, -0.2) is 49.6 Å². The molecule has 0 saturated heterocycles. The largest absolute Gasteiger partial charge is 0.480 e. The van der Waals surface area contributed by atoms with Gasteiger partial charge in [-0.15, -0.1) is 0 Å². The number of halogens is 2. The van der Waals surface area contributed by atoms with E-state index in [1.54, 1.807) is 23.6 Å². The van der Waals surface area contributed by atoms with Gasteiger partial charge in [-0.1, -0.05) is 58.4 Å². The molecular formula is C29H39ClFN3O5Si. The van der Waals surface area contributed by atoms with Crippen LogP contribution in [0.1, 0.15) is 83.0 Å². The summed E-state index contributed by atoms with van der Waals surface area (Å²) in [4.78, 5) is 35.9. The van der Waals surface area contributed by atoms with Crippen LogP contribution in [0.2, 0.25) is 10.1 Å². The van der Waals surface area contributed by atoms with E-state index >= 15 is 0 Å². The van der Waals surface area contributed by atoms with Gasteiger partial charge in [-0.2, -0.15) is 4.98 Å². The van der Waals surface area contributed by atoms with E-state index in [0.717, 1.165) is 0 Å². The number of rotatable bonds is 10. The van der Waals surface area contributed by atoms with Crippen molar-refractivity contribution < 1.29 is 23.1 Å². The van der Waals surface area contributed by atoms with Gasteiger partial charge in [-0.3, -0.25) is 4.79 Å². The molecule has 2 heterocycles. The number of fused-ring (bicyclic) bond motifs is 1. The maximum atomic E-state index is 14.8. The van der Waals surface area contributed by atoms with Crippen molar-refractivity contribution in [2.24, 2.45) is 5.92 Å². The molecule has 1 atom stereocenters. The normalized spacial score (nSPS) is 13.4. The SMILES string of the molecule is CCOC(=O)c1cn([C@@H](C(C)C)C(C)(C)O[SiH2]C(C)(C)C)c2nc(OC)c(Cc3cccc(Cl)c3F)nc2c1=O. The second-order valence-electron chi connectivity index (χ2n) is 11.9. The molecule has 40 heavy (non-hydrogen) atoms. The van der Waals surface area contributed by atoms with Gasteiger partial charge < -0.3 is 18.5 Å². The average Bonchev–Trinajstić information content (AvgIpc) is 2.86. The van der Waals surface area contributed by atoms with Crippen molar-refractivity contribution in [3.8, 4) is 5.88 Å². The number of nitrogens with zero attached hydrogens (tertiary/aromatic N) is 3. The van der Waals surface area contributed by atoms with E-state index in [9.17, 15) is 14.0 Å². The third-order valence-corrected chi connectivity index (χ3v) is 8.53. The molecule has 218 valence electrons. The predicted octanol–water partition coefficient (Wildman–Crippen LogP) is 5.65. The maximum absolute atomic E-state index is 14.8. The zero-order valence-electron chi connectivity index (χ0n) is 24.7. The second-order valence-corrected chi connectivity index (χ2v) is 15.0. The van der Waals surface area contributed by atoms with Gasteiger partial charge in [-0.05, 0) is 43.4 Å². The van der Waals surface area contributed by atoms with Crippen molar-refractivity contribution in [3.05, 3.63) is 62.3 Å².